The zero-order valence-electron chi connectivity index (χ0n) is 12.6. The molecule has 0 amide bonds. The lowest BCUT2D eigenvalue weighted by Gasteiger charge is -2.21. The maximum absolute atomic E-state index is 11.4. The first kappa shape index (κ1) is 15.6. The van der Waals surface area contributed by atoms with Gasteiger partial charge in [-0.2, -0.15) is 0 Å². The SMILES string of the molecule is CCCNc1cccc(NC(C)C2CCCO2)c1[N+](=O)[O-]. The topological polar surface area (TPSA) is 76.4 Å². The lowest BCUT2D eigenvalue weighted by Crippen LogP contribution is -2.30. The maximum atomic E-state index is 11.4. The van der Waals surface area contributed by atoms with E-state index in [1.807, 2.05) is 19.9 Å². The van der Waals surface area contributed by atoms with E-state index in [1.165, 1.54) is 0 Å². The van der Waals surface area contributed by atoms with Crippen LogP contribution in [0.4, 0.5) is 17.1 Å². The second kappa shape index (κ2) is 7.26. The van der Waals surface area contributed by atoms with Crippen LogP contribution in [0.3, 0.4) is 0 Å². The Kier molecular flexibility index (Phi) is 5.38. The van der Waals surface area contributed by atoms with Gasteiger partial charge in [-0.3, -0.25) is 10.1 Å². The highest BCUT2D eigenvalue weighted by atomic mass is 16.6. The predicted octanol–water partition coefficient (Wildman–Crippen LogP) is 3.40. The Morgan fingerprint density at radius 3 is 2.86 bits per heavy atom. The molecular formula is C15H23N3O3. The van der Waals surface area contributed by atoms with E-state index in [1.54, 1.807) is 12.1 Å². The minimum absolute atomic E-state index is 0.0487. The molecule has 1 aliphatic rings. The van der Waals surface area contributed by atoms with Gasteiger partial charge in [0.15, 0.2) is 0 Å². The van der Waals surface area contributed by atoms with Crippen LogP contribution >= 0.6 is 0 Å². The Morgan fingerprint density at radius 1 is 1.48 bits per heavy atom. The van der Waals surface area contributed by atoms with E-state index in [0.29, 0.717) is 17.9 Å². The molecule has 2 N–H and O–H groups in total. The van der Waals surface area contributed by atoms with E-state index in [2.05, 4.69) is 10.6 Å². The summed E-state index contributed by atoms with van der Waals surface area (Å²) in [7, 11) is 0. The van der Waals surface area contributed by atoms with Crippen molar-refractivity contribution in [1.82, 2.24) is 0 Å². The fourth-order valence-corrected chi connectivity index (χ4v) is 2.59. The molecule has 0 bridgehead atoms. The van der Waals surface area contributed by atoms with Crippen molar-refractivity contribution in [2.24, 2.45) is 0 Å². The molecule has 0 aliphatic carbocycles. The van der Waals surface area contributed by atoms with Crippen molar-refractivity contribution in [3.8, 4) is 0 Å². The summed E-state index contributed by atoms with van der Waals surface area (Å²) >= 11 is 0. The van der Waals surface area contributed by atoms with E-state index in [0.717, 1.165) is 25.9 Å². The highest BCUT2D eigenvalue weighted by Crippen LogP contribution is 2.34. The summed E-state index contributed by atoms with van der Waals surface area (Å²) in [4.78, 5) is 11.1. The number of nitrogens with one attached hydrogen (secondary N) is 2. The van der Waals surface area contributed by atoms with Gasteiger partial charge in [0.1, 0.15) is 11.4 Å². The summed E-state index contributed by atoms with van der Waals surface area (Å²) in [6.07, 6.45) is 3.09. The lowest BCUT2D eigenvalue weighted by molar-refractivity contribution is -0.383. The quantitative estimate of drug-likeness (QED) is 0.595. The summed E-state index contributed by atoms with van der Waals surface area (Å²) in [6, 6.07) is 5.37. The highest BCUT2D eigenvalue weighted by molar-refractivity contribution is 5.76. The molecule has 6 nitrogen and oxygen atoms in total. The van der Waals surface area contributed by atoms with Gasteiger partial charge >= 0.3 is 5.69 Å². The van der Waals surface area contributed by atoms with Crippen LogP contribution in [0.15, 0.2) is 18.2 Å². The largest absolute Gasteiger partial charge is 0.379 e. The van der Waals surface area contributed by atoms with Crippen molar-refractivity contribution in [2.75, 3.05) is 23.8 Å². The molecule has 6 heteroatoms. The summed E-state index contributed by atoms with van der Waals surface area (Å²) in [5, 5.41) is 17.8. The van der Waals surface area contributed by atoms with Gasteiger partial charge in [-0.15, -0.1) is 0 Å². The average Bonchev–Trinajstić information content (AvgIpc) is 2.99. The first-order valence-corrected chi connectivity index (χ1v) is 7.53. The smallest absolute Gasteiger partial charge is 0.315 e. The molecule has 1 heterocycles. The van der Waals surface area contributed by atoms with Crippen LogP contribution < -0.4 is 10.6 Å². The molecule has 0 saturated carbocycles. The first-order chi connectivity index (χ1) is 10.1. The van der Waals surface area contributed by atoms with Crippen LogP contribution in [0.25, 0.3) is 0 Å². The number of hydrogen-bond donors (Lipinski definition) is 2. The maximum Gasteiger partial charge on any atom is 0.315 e. The third-order valence-electron chi connectivity index (χ3n) is 3.69. The van der Waals surface area contributed by atoms with Gasteiger partial charge in [-0.05, 0) is 38.3 Å². The molecule has 2 rings (SSSR count). The van der Waals surface area contributed by atoms with E-state index < -0.39 is 0 Å². The molecular weight excluding hydrogens is 270 g/mol. The van der Waals surface area contributed by atoms with Crippen LogP contribution in [-0.4, -0.2) is 30.2 Å². The van der Waals surface area contributed by atoms with Crippen molar-refractivity contribution in [2.45, 2.75) is 45.3 Å². The highest BCUT2D eigenvalue weighted by Gasteiger charge is 2.26. The van der Waals surface area contributed by atoms with Gasteiger partial charge in [-0.25, -0.2) is 0 Å². The van der Waals surface area contributed by atoms with Crippen molar-refractivity contribution >= 4 is 17.1 Å². The Hall–Kier alpha value is -1.82. The van der Waals surface area contributed by atoms with Crippen LogP contribution in [0.2, 0.25) is 0 Å². The Balaban J connectivity index is 2.18. The number of nitrogens with zero attached hydrogens (tertiary/aromatic N) is 1. The van der Waals surface area contributed by atoms with Gasteiger partial charge < -0.3 is 15.4 Å². The third-order valence-corrected chi connectivity index (χ3v) is 3.69. The van der Waals surface area contributed by atoms with Crippen molar-refractivity contribution in [1.29, 1.82) is 0 Å². The molecule has 0 spiro atoms. The fourth-order valence-electron chi connectivity index (χ4n) is 2.59. The van der Waals surface area contributed by atoms with Crippen molar-refractivity contribution in [3.63, 3.8) is 0 Å². The summed E-state index contributed by atoms with van der Waals surface area (Å²) in [6.45, 7) is 5.52. The Labute approximate surface area is 125 Å². The molecule has 1 aromatic rings. The Morgan fingerprint density at radius 2 is 2.24 bits per heavy atom. The van der Waals surface area contributed by atoms with Gasteiger partial charge in [0.2, 0.25) is 0 Å². The summed E-state index contributed by atoms with van der Waals surface area (Å²) in [5.74, 6) is 0. The predicted molar refractivity (Wildman–Crippen MR) is 83.9 cm³/mol. The third kappa shape index (κ3) is 3.85. The van der Waals surface area contributed by atoms with E-state index in [4.69, 9.17) is 4.74 Å². The molecule has 2 unspecified atom stereocenters. The van der Waals surface area contributed by atoms with Gasteiger partial charge in [-0.1, -0.05) is 13.0 Å². The van der Waals surface area contributed by atoms with Gasteiger partial charge in [0, 0.05) is 19.2 Å². The van der Waals surface area contributed by atoms with Crippen LogP contribution in [-0.2, 0) is 4.74 Å². The average molecular weight is 293 g/mol. The van der Waals surface area contributed by atoms with Crippen LogP contribution in [0.5, 0.6) is 0 Å². The normalized spacial score (nSPS) is 19.2. The van der Waals surface area contributed by atoms with Crippen LogP contribution in [0, 0.1) is 10.1 Å². The van der Waals surface area contributed by atoms with Gasteiger partial charge in [0.05, 0.1) is 11.0 Å². The second-order valence-corrected chi connectivity index (χ2v) is 5.37. The molecule has 0 aromatic heterocycles. The molecule has 2 atom stereocenters. The molecule has 116 valence electrons. The summed E-state index contributed by atoms with van der Waals surface area (Å²) < 4.78 is 5.63. The molecule has 1 aromatic carbocycles. The van der Waals surface area contributed by atoms with E-state index in [-0.39, 0.29) is 22.8 Å². The monoisotopic (exact) mass is 293 g/mol. The number of anilines is 2. The van der Waals surface area contributed by atoms with E-state index in [9.17, 15) is 10.1 Å². The van der Waals surface area contributed by atoms with Gasteiger partial charge in [0.25, 0.3) is 0 Å². The lowest BCUT2D eigenvalue weighted by atomic mass is 10.1. The zero-order chi connectivity index (χ0) is 15.2. The number of hydrogen-bond acceptors (Lipinski definition) is 5. The minimum atomic E-state index is -0.331. The van der Waals surface area contributed by atoms with Crippen LogP contribution in [0.1, 0.15) is 33.1 Å². The second-order valence-electron chi connectivity index (χ2n) is 5.37. The standard InChI is InChI=1S/C15H23N3O3/c1-3-9-16-12-6-4-7-13(15(12)18(19)20)17-11(2)14-8-5-10-21-14/h4,6-7,11,14,16-17H,3,5,8-10H2,1-2H3. The summed E-state index contributed by atoms with van der Waals surface area (Å²) in [5.41, 5.74) is 1.21. The van der Waals surface area contributed by atoms with E-state index >= 15 is 0 Å². The number of para-hydroxylation sites is 1. The molecule has 1 aliphatic heterocycles. The number of ether oxygens (including phenoxy) is 1. The molecule has 21 heavy (non-hydrogen) atoms. The molecule has 1 saturated heterocycles. The fraction of sp³-hybridized carbons (Fsp3) is 0.600. The molecule has 0 radical (unpaired) electrons. The number of nitro benzene ring substituents is 1. The minimum Gasteiger partial charge on any atom is -0.379 e. The molecule has 1 fully saturated rings. The Bertz CT molecular complexity index is 487. The zero-order valence-corrected chi connectivity index (χ0v) is 12.6. The number of rotatable bonds is 7. The number of benzene rings is 1. The number of nitro groups is 1. The van der Waals surface area contributed by atoms with Crippen molar-refractivity contribution in [3.05, 3.63) is 28.3 Å². The van der Waals surface area contributed by atoms with Crippen molar-refractivity contribution < 1.29 is 9.66 Å². The first-order valence-electron chi connectivity index (χ1n) is 7.53.